The SMILES string of the molecule is CC(NCc1ccc(I)cc1)C(=O)OC1CCCC1. The van der Waals surface area contributed by atoms with Crippen molar-refractivity contribution >= 4 is 28.6 Å². The zero-order chi connectivity index (χ0) is 13.7. The Kier molecular flexibility index (Phi) is 5.63. The molecule has 1 aliphatic rings. The van der Waals surface area contributed by atoms with Gasteiger partial charge in [-0.1, -0.05) is 12.1 Å². The molecule has 0 aliphatic heterocycles. The number of carbonyl (C=O) groups is 1. The van der Waals surface area contributed by atoms with E-state index in [-0.39, 0.29) is 18.1 Å². The fourth-order valence-electron chi connectivity index (χ4n) is 2.23. The van der Waals surface area contributed by atoms with Crippen molar-refractivity contribution in [2.75, 3.05) is 0 Å². The summed E-state index contributed by atoms with van der Waals surface area (Å²) in [5.74, 6) is -0.127. The number of halogens is 1. The summed E-state index contributed by atoms with van der Waals surface area (Å²) in [4.78, 5) is 11.9. The molecular formula is C15H20INO2. The minimum Gasteiger partial charge on any atom is -0.461 e. The summed E-state index contributed by atoms with van der Waals surface area (Å²) in [5.41, 5.74) is 1.18. The van der Waals surface area contributed by atoms with Crippen LogP contribution in [0.2, 0.25) is 0 Å². The highest BCUT2D eigenvalue weighted by Crippen LogP contribution is 2.21. The summed E-state index contributed by atoms with van der Waals surface area (Å²) in [5, 5.41) is 3.22. The van der Waals surface area contributed by atoms with E-state index in [4.69, 9.17) is 4.74 Å². The number of hydrogen-bond acceptors (Lipinski definition) is 3. The predicted molar refractivity (Wildman–Crippen MR) is 83.8 cm³/mol. The quantitative estimate of drug-likeness (QED) is 0.636. The van der Waals surface area contributed by atoms with Gasteiger partial charge in [-0.15, -0.1) is 0 Å². The molecule has 1 aliphatic carbocycles. The molecule has 1 N–H and O–H groups in total. The maximum atomic E-state index is 11.9. The normalized spacial score (nSPS) is 17.4. The predicted octanol–water partition coefficient (Wildman–Crippen LogP) is 3.26. The summed E-state index contributed by atoms with van der Waals surface area (Å²) in [7, 11) is 0. The van der Waals surface area contributed by atoms with E-state index in [1.54, 1.807) is 0 Å². The zero-order valence-electron chi connectivity index (χ0n) is 11.2. The first-order valence-corrected chi connectivity index (χ1v) is 7.91. The van der Waals surface area contributed by atoms with Crippen molar-refractivity contribution in [3.63, 3.8) is 0 Å². The highest BCUT2D eigenvalue weighted by Gasteiger charge is 2.22. The van der Waals surface area contributed by atoms with Gasteiger partial charge in [0, 0.05) is 10.1 Å². The molecule has 4 heteroatoms. The molecule has 1 atom stereocenters. The van der Waals surface area contributed by atoms with Crippen LogP contribution < -0.4 is 5.32 Å². The fourth-order valence-corrected chi connectivity index (χ4v) is 2.59. The van der Waals surface area contributed by atoms with Crippen LogP contribution in [0.5, 0.6) is 0 Å². The summed E-state index contributed by atoms with van der Waals surface area (Å²) in [6, 6.07) is 8.03. The van der Waals surface area contributed by atoms with Gasteiger partial charge in [0.15, 0.2) is 0 Å². The molecule has 0 aromatic heterocycles. The number of hydrogen-bond donors (Lipinski definition) is 1. The number of nitrogens with one attached hydrogen (secondary N) is 1. The van der Waals surface area contributed by atoms with Crippen LogP contribution in [0.25, 0.3) is 0 Å². The Hall–Kier alpha value is -0.620. The second-order valence-electron chi connectivity index (χ2n) is 5.07. The standard InChI is InChI=1S/C15H20INO2/c1-11(15(18)19-14-4-2-3-5-14)17-10-12-6-8-13(16)9-7-12/h6-9,11,14,17H,2-5,10H2,1H3. The minimum atomic E-state index is -0.250. The molecule has 1 fully saturated rings. The van der Waals surface area contributed by atoms with E-state index in [2.05, 4.69) is 52.2 Å². The molecule has 1 aromatic carbocycles. The van der Waals surface area contributed by atoms with Gasteiger partial charge in [-0.2, -0.15) is 0 Å². The minimum absolute atomic E-state index is 0.127. The maximum absolute atomic E-state index is 11.9. The third kappa shape index (κ3) is 4.76. The average molecular weight is 373 g/mol. The van der Waals surface area contributed by atoms with E-state index in [0.717, 1.165) is 12.8 Å². The van der Waals surface area contributed by atoms with Crippen molar-refractivity contribution in [2.24, 2.45) is 0 Å². The molecule has 19 heavy (non-hydrogen) atoms. The van der Waals surface area contributed by atoms with E-state index in [1.807, 2.05) is 6.92 Å². The van der Waals surface area contributed by atoms with Gasteiger partial charge in [0.1, 0.15) is 12.1 Å². The third-order valence-corrected chi connectivity index (χ3v) is 4.18. The van der Waals surface area contributed by atoms with Gasteiger partial charge in [0.05, 0.1) is 0 Å². The highest BCUT2D eigenvalue weighted by molar-refractivity contribution is 14.1. The lowest BCUT2D eigenvalue weighted by molar-refractivity contribution is -0.150. The van der Waals surface area contributed by atoms with E-state index in [9.17, 15) is 4.79 Å². The van der Waals surface area contributed by atoms with Crippen LogP contribution in [0.15, 0.2) is 24.3 Å². The van der Waals surface area contributed by atoms with E-state index >= 15 is 0 Å². The van der Waals surface area contributed by atoms with Crippen LogP contribution in [0.4, 0.5) is 0 Å². The Labute approximate surface area is 128 Å². The van der Waals surface area contributed by atoms with Crippen molar-refractivity contribution in [2.45, 2.75) is 51.3 Å². The van der Waals surface area contributed by atoms with Crippen molar-refractivity contribution in [3.8, 4) is 0 Å². The first-order valence-electron chi connectivity index (χ1n) is 6.83. The molecule has 0 amide bonds. The number of carbonyl (C=O) groups excluding carboxylic acids is 1. The number of ether oxygens (including phenoxy) is 1. The van der Waals surface area contributed by atoms with Crippen LogP contribution in [-0.2, 0) is 16.1 Å². The Balaban J connectivity index is 1.75. The monoisotopic (exact) mass is 373 g/mol. The smallest absolute Gasteiger partial charge is 0.323 e. The van der Waals surface area contributed by atoms with Gasteiger partial charge < -0.3 is 10.1 Å². The summed E-state index contributed by atoms with van der Waals surface area (Å²) in [6.45, 7) is 2.56. The van der Waals surface area contributed by atoms with Crippen LogP contribution in [-0.4, -0.2) is 18.1 Å². The van der Waals surface area contributed by atoms with Crippen LogP contribution in [0, 0.1) is 3.57 Å². The average Bonchev–Trinajstić information content (AvgIpc) is 2.90. The molecule has 0 spiro atoms. The number of esters is 1. The highest BCUT2D eigenvalue weighted by atomic mass is 127. The molecule has 104 valence electrons. The maximum Gasteiger partial charge on any atom is 0.323 e. The van der Waals surface area contributed by atoms with Gasteiger partial charge in [0.25, 0.3) is 0 Å². The second-order valence-corrected chi connectivity index (χ2v) is 6.32. The molecule has 0 bridgehead atoms. The van der Waals surface area contributed by atoms with Crippen LogP contribution >= 0.6 is 22.6 Å². The van der Waals surface area contributed by atoms with Crippen molar-refractivity contribution in [1.29, 1.82) is 0 Å². The summed E-state index contributed by atoms with van der Waals surface area (Å²) >= 11 is 2.28. The molecular weight excluding hydrogens is 353 g/mol. The van der Waals surface area contributed by atoms with Gasteiger partial charge in [-0.25, -0.2) is 0 Å². The number of benzene rings is 1. The third-order valence-electron chi connectivity index (χ3n) is 3.46. The molecule has 1 saturated carbocycles. The van der Waals surface area contributed by atoms with Crippen molar-refractivity contribution in [3.05, 3.63) is 33.4 Å². The number of rotatable bonds is 5. The first kappa shape index (κ1) is 14.8. The zero-order valence-corrected chi connectivity index (χ0v) is 13.4. The van der Waals surface area contributed by atoms with Crippen LogP contribution in [0.3, 0.4) is 0 Å². The van der Waals surface area contributed by atoms with Gasteiger partial charge in [-0.3, -0.25) is 4.79 Å². The van der Waals surface area contributed by atoms with Crippen molar-refractivity contribution in [1.82, 2.24) is 5.32 Å². The molecule has 1 unspecified atom stereocenters. The topological polar surface area (TPSA) is 38.3 Å². The Morgan fingerprint density at radius 3 is 2.63 bits per heavy atom. The lowest BCUT2D eigenvalue weighted by Crippen LogP contribution is -2.36. The first-order chi connectivity index (χ1) is 9.15. The molecule has 0 heterocycles. The van der Waals surface area contributed by atoms with Gasteiger partial charge in [0.2, 0.25) is 0 Å². The Morgan fingerprint density at radius 2 is 2.00 bits per heavy atom. The van der Waals surface area contributed by atoms with Crippen molar-refractivity contribution < 1.29 is 9.53 Å². The second kappa shape index (κ2) is 7.24. The largest absolute Gasteiger partial charge is 0.461 e. The molecule has 2 rings (SSSR count). The molecule has 3 nitrogen and oxygen atoms in total. The Bertz CT molecular complexity index is 413. The molecule has 0 saturated heterocycles. The fraction of sp³-hybridized carbons (Fsp3) is 0.533. The lowest BCUT2D eigenvalue weighted by atomic mass is 10.2. The summed E-state index contributed by atoms with van der Waals surface area (Å²) in [6.07, 6.45) is 4.56. The Morgan fingerprint density at radius 1 is 1.37 bits per heavy atom. The molecule has 1 aromatic rings. The lowest BCUT2D eigenvalue weighted by Gasteiger charge is -2.17. The summed E-state index contributed by atoms with van der Waals surface area (Å²) < 4.78 is 6.70. The van der Waals surface area contributed by atoms with Crippen LogP contribution in [0.1, 0.15) is 38.2 Å². The van der Waals surface area contributed by atoms with Gasteiger partial charge >= 0.3 is 5.97 Å². The van der Waals surface area contributed by atoms with Gasteiger partial charge in [-0.05, 0) is 72.9 Å². The molecule has 0 radical (unpaired) electrons. The van der Waals surface area contributed by atoms with E-state index in [1.165, 1.54) is 22.0 Å². The van der Waals surface area contributed by atoms with E-state index in [0.29, 0.717) is 6.54 Å². The van der Waals surface area contributed by atoms with E-state index < -0.39 is 0 Å².